The third kappa shape index (κ3) is 4.16. The molecule has 1 aliphatic carbocycles. The lowest BCUT2D eigenvalue weighted by molar-refractivity contribution is -0.143. The maximum atomic E-state index is 13.9. The highest BCUT2D eigenvalue weighted by Gasteiger charge is 2.51. The average molecular weight is 513 g/mol. The van der Waals surface area contributed by atoms with Crippen LogP contribution in [-0.4, -0.2) is 69.6 Å². The fourth-order valence-corrected chi connectivity index (χ4v) is 6.34. The van der Waals surface area contributed by atoms with Crippen LogP contribution in [0.25, 0.3) is 11.3 Å². The van der Waals surface area contributed by atoms with Crippen molar-refractivity contribution < 1.29 is 14.4 Å². The van der Waals surface area contributed by atoms with Crippen molar-refractivity contribution >= 4 is 34.8 Å². The van der Waals surface area contributed by atoms with E-state index in [0.717, 1.165) is 42.1 Å². The van der Waals surface area contributed by atoms with Gasteiger partial charge < -0.3 is 20.5 Å². The molecule has 6 rings (SSSR count). The molecule has 2 bridgehead atoms. The number of para-hydroxylation sites is 1. The Bertz CT molecular complexity index is 1430. The molecule has 196 valence electrons. The number of rotatable bonds is 5. The van der Waals surface area contributed by atoms with Gasteiger partial charge in [-0.1, -0.05) is 18.2 Å². The number of aromatic amines is 1. The number of nitrogens with zero attached hydrogens (tertiary/aromatic N) is 3. The number of hydrogen-bond donors (Lipinski definition) is 3. The summed E-state index contributed by atoms with van der Waals surface area (Å²) in [5.74, 6) is 0.228. The second-order valence-corrected chi connectivity index (χ2v) is 11.1. The van der Waals surface area contributed by atoms with Crippen molar-refractivity contribution in [3.63, 3.8) is 0 Å². The lowest BCUT2D eigenvalue weighted by atomic mass is 9.73. The monoisotopic (exact) mass is 512 g/mol. The van der Waals surface area contributed by atoms with Crippen LogP contribution < -0.4 is 10.6 Å². The van der Waals surface area contributed by atoms with Gasteiger partial charge in [0.2, 0.25) is 11.8 Å². The van der Waals surface area contributed by atoms with Gasteiger partial charge in [-0.2, -0.15) is 0 Å². The second-order valence-electron chi connectivity index (χ2n) is 11.1. The van der Waals surface area contributed by atoms with E-state index in [0.29, 0.717) is 29.5 Å². The maximum absolute atomic E-state index is 13.9. The minimum Gasteiger partial charge on any atom is -0.356 e. The number of Topliss-reactive ketones (excluding diaryl/α,β-unsaturated/α-hetero) is 1. The molecule has 2 saturated heterocycles. The number of fused-ring (bicyclic) bond motifs is 3. The molecule has 9 nitrogen and oxygen atoms in total. The number of aromatic nitrogens is 2. The fourth-order valence-electron chi connectivity index (χ4n) is 6.34. The van der Waals surface area contributed by atoms with Gasteiger partial charge in [0.15, 0.2) is 5.78 Å². The van der Waals surface area contributed by atoms with Crippen LogP contribution in [0.4, 0.5) is 17.2 Å². The molecule has 3 aromatic rings. The number of pyridine rings is 1. The van der Waals surface area contributed by atoms with E-state index in [2.05, 4.69) is 32.5 Å². The molecule has 4 heterocycles. The van der Waals surface area contributed by atoms with Crippen LogP contribution in [0.2, 0.25) is 0 Å². The van der Waals surface area contributed by atoms with Crippen molar-refractivity contribution in [1.82, 2.24) is 19.8 Å². The highest BCUT2D eigenvalue weighted by molar-refractivity contribution is 6.10. The topological polar surface area (TPSA) is 110 Å². The summed E-state index contributed by atoms with van der Waals surface area (Å²) in [4.78, 5) is 51.3. The molecule has 1 unspecified atom stereocenters. The zero-order chi connectivity index (χ0) is 26.6. The predicted molar refractivity (Wildman–Crippen MR) is 145 cm³/mol. The maximum Gasteiger partial charge on any atom is 0.229 e. The number of anilines is 3. The molecular weight excluding hydrogens is 480 g/mol. The predicted octanol–water partition coefficient (Wildman–Crippen LogP) is 3.83. The summed E-state index contributed by atoms with van der Waals surface area (Å²) in [6.07, 6.45) is 3.25. The van der Waals surface area contributed by atoms with Gasteiger partial charge in [-0.25, -0.2) is 4.98 Å². The molecule has 9 heteroatoms. The molecule has 0 spiro atoms. The first-order valence-corrected chi connectivity index (χ1v) is 13.1. The smallest absolute Gasteiger partial charge is 0.229 e. The molecule has 2 fully saturated rings. The number of piperazine rings is 1. The average Bonchev–Trinajstić information content (AvgIpc) is 3.56. The van der Waals surface area contributed by atoms with Crippen molar-refractivity contribution in [2.45, 2.75) is 45.2 Å². The number of nitrogens with one attached hydrogen (secondary N) is 3. The normalized spacial score (nSPS) is 24.4. The Morgan fingerprint density at radius 3 is 2.58 bits per heavy atom. The van der Waals surface area contributed by atoms with E-state index >= 15 is 0 Å². The van der Waals surface area contributed by atoms with Gasteiger partial charge in [-0.05, 0) is 44.7 Å². The number of ketones is 1. The summed E-state index contributed by atoms with van der Waals surface area (Å²) in [5, 5.41) is 6.17. The van der Waals surface area contributed by atoms with E-state index in [1.807, 2.05) is 48.2 Å². The lowest BCUT2D eigenvalue weighted by Gasteiger charge is -2.39. The van der Waals surface area contributed by atoms with E-state index in [9.17, 15) is 14.4 Å². The third-order valence-corrected chi connectivity index (χ3v) is 8.16. The Kier molecular flexibility index (Phi) is 5.83. The molecule has 38 heavy (non-hydrogen) atoms. The van der Waals surface area contributed by atoms with Crippen molar-refractivity contribution in [3.8, 4) is 11.3 Å². The number of likely N-dealkylation sites (tertiary alicyclic amines) is 2. The summed E-state index contributed by atoms with van der Waals surface area (Å²) >= 11 is 0. The number of carbonyl (C=O) groups is 3. The largest absolute Gasteiger partial charge is 0.356 e. The third-order valence-electron chi connectivity index (χ3n) is 8.16. The van der Waals surface area contributed by atoms with Crippen LogP contribution >= 0.6 is 0 Å². The molecule has 3 N–H and O–H groups in total. The number of amides is 2. The number of H-pyrrole nitrogens is 1. The van der Waals surface area contributed by atoms with E-state index in [-0.39, 0.29) is 30.1 Å². The standard InChI is InChI=1S/C29H32N6O3/c1-17(36)31-24-11-18(9-10-30-24)26-27(32-19-7-5-4-6-8-19)25-22(33-26)13-29(2,14-23(25)37)28(38)35-16-20-12-21(35)15-34(20)3/h4-11,20-21,32-33H,12-16H2,1-3H3,(H,30,31,36)/t20-,21-,29?/m1/s1. The number of carbonyl (C=O) groups excluding carboxylic acids is 3. The van der Waals surface area contributed by atoms with Crippen LogP contribution in [0, 0.1) is 5.41 Å². The Balaban J connectivity index is 1.39. The summed E-state index contributed by atoms with van der Waals surface area (Å²) in [5.41, 5.74) is 3.56. The van der Waals surface area contributed by atoms with E-state index in [1.54, 1.807) is 12.3 Å². The zero-order valence-corrected chi connectivity index (χ0v) is 21.9. The van der Waals surface area contributed by atoms with Gasteiger partial charge in [-0.15, -0.1) is 0 Å². The minimum atomic E-state index is -0.807. The highest BCUT2D eigenvalue weighted by atomic mass is 16.2. The summed E-state index contributed by atoms with van der Waals surface area (Å²) in [6, 6.07) is 13.9. The van der Waals surface area contributed by atoms with Crippen LogP contribution in [0.1, 0.15) is 42.7 Å². The van der Waals surface area contributed by atoms with Gasteiger partial charge in [-0.3, -0.25) is 19.3 Å². The molecule has 2 aliphatic heterocycles. The summed E-state index contributed by atoms with van der Waals surface area (Å²) in [6.45, 7) is 4.99. The lowest BCUT2D eigenvalue weighted by Crippen LogP contribution is -2.53. The molecule has 2 amide bonds. The Morgan fingerprint density at radius 2 is 1.89 bits per heavy atom. The van der Waals surface area contributed by atoms with Crippen molar-refractivity contribution in [2.75, 3.05) is 30.8 Å². The number of likely N-dealkylation sites (N-methyl/N-ethyl adjacent to an activating group) is 1. The SMILES string of the molecule is CC(=O)Nc1cc(-c2[nH]c3c(c2Nc2ccccc2)C(=O)CC(C)(C(=O)N2C[C@H]4C[C@@H]2CN4C)C3)ccn1. The number of hydrogen-bond acceptors (Lipinski definition) is 6. The van der Waals surface area contributed by atoms with Gasteiger partial charge in [0.1, 0.15) is 5.82 Å². The zero-order valence-electron chi connectivity index (χ0n) is 21.9. The highest BCUT2D eigenvalue weighted by Crippen LogP contribution is 2.45. The Hall–Kier alpha value is -3.98. The summed E-state index contributed by atoms with van der Waals surface area (Å²) in [7, 11) is 2.11. The van der Waals surface area contributed by atoms with Crippen molar-refractivity contribution in [3.05, 3.63) is 59.9 Å². The molecular formula is C29H32N6O3. The molecule has 0 radical (unpaired) electrons. The quantitative estimate of drug-likeness (QED) is 0.479. The van der Waals surface area contributed by atoms with Crippen molar-refractivity contribution in [2.24, 2.45) is 5.41 Å². The first-order valence-electron chi connectivity index (χ1n) is 13.1. The molecule has 0 saturated carbocycles. The van der Waals surface area contributed by atoms with E-state index < -0.39 is 5.41 Å². The Labute approximate surface area is 221 Å². The van der Waals surface area contributed by atoms with Gasteiger partial charge in [0.25, 0.3) is 0 Å². The second kappa shape index (κ2) is 9.09. The Morgan fingerprint density at radius 1 is 1.11 bits per heavy atom. The molecule has 3 atom stereocenters. The minimum absolute atomic E-state index is 0.0550. The van der Waals surface area contributed by atoms with Gasteiger partial charge in [0, 0.05) is 68.1 Å². The van der Waals surface area contributed by atoms with Crippen LogP contribution in [-0.2, 0) is 16.0 Å². The van der Waals surface area contributed by atoms with E-state index in [4.69, 9.17) is 0 Å². The summed E-state index contributed by atoms with van der Waals surface area (Å²) < 4.78 is 0. The van der Waals surface area contributed by atoms with Crippen LogP contribution in [0.5, 0.6) is 0 Å². The van der Waals surface area contributed by atoms with E-state index in [1.165, 1.54) is 6.92 Å². The first-order chi connectivity index (χ1) is 18.2. The molecule has 1 aromatic carbocycles. The van der Waals surface area contributed by atoms with Gasteiger partial charge in [0.05, 0.1) is 22.4 Å². The fraction of sp³-hybridized carbons (Fsp3) is 0.379. The van der Waals surface area contributed by atoms with Crippen molar-refractivity contribution in [1.29, 1.82) is 0 Å². The van der Waals surface area contributed by atoms with Crippen LogP contribution in [0.15, 0.2) is 48.7 Å². The van der Waals surface area contributed by atoms with Crippen LogP contribution in [0.3, 0.4) is 0 Å². The molecule has 2 aromatic heterocycles. The number of benzene rings is 1. The first kappa shape index (κ1) is 24.4. The molecule has 3 aliphatic rings. The van der Waals surface area contributed by atoms with Gasteiger partial charge >= 0.3 is 0 Å².